The molecule has 2 rings (SSSR count). The molecule has 4 nitrogen and oxygen atoms in total. The topological polar surface area (TPSA) is 55.6 Å². The number of benzene rings is 1. The lowest BCUT2D eigenvalue weighted by atomic mass is 10.3. The maximum absolute atomic E-state index is 11.9. The Morgan fingerprint density at radius 1 is 1.37 bits per heavy atom. The highest BCUT2D eigenvalue weighted by Crippen LogP contribution is 2.19. The lowest BCUT2D eigenvalue weighted by Gasteiger charge is -2.17. The van der Waals surface area contributed by atoms with E-state index in [-0.39, 0.29) is 12.5 Å². The molecule has 0 saturated heterocycles. The van der Waals surface area contributed by atoms with Crippen LogP contribution < -0.4 is 10.5 Å². The van der Waals surface area contributed by atoms with Gasteiger partial charge in [0.15, 0.2) is 6.61 Å². The van der Waals surface area contributed by atoms with Crippen LogP contribution in [0.2, 0.25) is 0 Å². The van der Waals surface area contributed by atoms with Crippen molar-refractivity contribution < 1.29 is 9.53 Å². The number of anilines is 1. The number of nitrogens with two attached hydrogens (primary N) is 1. The molecular weight excluding hydrogens is 260 g/mol. The van der Waals surface area contributed by atoms with Crippen LogP contribution in [0.15, 0.2) is 41.1 Å². The summed E-state index contributed by atoms with van der Waals surface area (Å²) >= 11 is 1.62. The molecule has 19 heavy (non-hydrogen) atoms. The summed E-state index contributed by atoms with van der Waals surface area (Å²) in [5, 5.41) is 4.02. The molecule has 2 N–H and O–H groups in total. The summed E-state index contributed by atoms with van der Waals surface area (Å²) in [6, 6.07) is 9.15. The number of carbonyl (C=O) groups excluding carboxylic acids is 1. The second-order valence-electron chi connectivity index (χ2n) is 4.21. The molecule has 0 atom stereocenters. The van der Waals surface area contributed by atoms with Gasteiger partial charge in [-0.05, 0) is 34.5 Å². The molecule has 0 bridgehead atoms. The average molecular weight is 276 g/mol. The Kier molecular flexibility index (Phi) is 4.41. The second-order valence-corrected chi connectivity index (χ2v) is 4.99. The Balaban J connectivity index is 1.86. The molecule has 0 aliphatic carbocycles. The summed E-state index contributed by atoms with van der Waals surface area (Å²) in [7, 11) is 1.76. The fraction of sp³-hybridized carbons (Fsp3) is 0.214. The molecule has 0 spiro atoms. The summed E-state index contributed by atoms with van der Waals surface area (Å²) in [5.41, 5.74) is 7.41. The SMILES string of the molecule is CN(Cc1ccsc1)C(=O)COc1ccccc1N. The van der Waals surface area contributed by atoms with Crippen LogP contribution in [0.5, 0.6) is 5.75 Å². The minimum atomic E-state index is -0.0746. The van der Waals surface area contributed by atoms with Crippen LogP contribution >= 0.6 is 11.3 Å². The van der Waals surface area contributed by atoms with Gasteiger partial charge in [0.25, 0.3) is 5.91 Å². The van der Waals surface area contributed by atoms with E-state index in [2.05, 4.69) is 0 Å². The second kappa shape index (κ2) is 6.24. The van der Waals surface area contributed by atoms with E-state index in [4.69, 9.17) is 10.5 Å². The van der Waals surface area contributed by atoms with E-state index in [0.29, 0.717) is 18.0 Å². The van der Waals surface area contributed by atoms with E-state index < -0.39 is 0 Å². The number of nitrogens with zero attached hydrogens (tertiary/aromatic N) is 1. The molecule has 0 radical (unpaired) electrons. The van der Waals surface area contributed by atoms with Crippen LogP contribution in [0, 0.1) is 0 Å². The highest BCUT2D eigenvalue weighted by atomic mass is 32.1. The Hall–Kier alpha value is -2.01. The molecule has 2 aromatic rings. The number of amides is 1. The van der Waals surface area contributed by atoms with Crippen LogP contribution in [0.25, 0.3) is 0 Å². The number of rotatable bonds is 5. The van der Waals surface area contributed by atoms with E-state index >= 15 is 0 Å². The number of likely N-dealkylation sites (N-methyl/N-ethyl adjacent to an activating group) is 1. The third-order valence-electron chi connectivity index (χ3n) is 2.70. The summed E-state index contributed by atoms with van der Waals surface area (Å²) in [5.74, 6) is 0.467. The first kappa shape index (κ1) is 13.4. The standard InChI is InChI=1S/C14H16N2O2S/c1-16(8-11-6-7-19-10-11)14(17)9-18-13-5-3-2-4-12(13)15/h2-7,10H,8-9,15H2,1H3. The largest absolute Gasteiger partial charge is 0.482 e. The van der Waals surface area contributed by atoms with Crippen LogP contribution in [-0.4, -0.2) is 24.5 Å². The Morgan fingerprint density at radius 3 is 2.84 bits per heavy atom. The predicted octanol–water partition coefficient (Wildman–Crippen LogP) is 2.37. The van der Waals surface area contributed by atoms with Crippen LogP contribution in [-0.2, 0) is 11.3 Å². The van der Waals surface area contributed by atoms with E-state index in [1.807, 2.05) is 29.0 Å². The summed E-state index contributed by atoms with van der Waals surface area (Å²) in [4.78, 5) is 13.6. The van der Waals surface area contributed by atoms with Gasteiger partial charge in [-0.3, -0.25) is 4.79 Å². The number of carbonyl (C=O) groups is 1. The number of hydrogen-bond acceptors (Lipinski definition) is 4. The predicted molar refractivity (Wildman–Crippen MR) is 77.1 cm³/mol. The Morgan fingerprint density at radius 2 is 2.16 bits per heavy atom. The molecule has 0 aliphatic heterocycles. The number of thiophene rings is 1. The lowest BCUT2D eigenvalue weighted by molar-refractivity contribution is -0.132. The first-order valence-corrected chi connectivity index (χ1v) is 6.83. The van der Waals surface area contributed by atoms with Gasteiger partial charge in [0.2, 0.25) is 0 Å². The van der Waals surface area contributed by atoms with Gasteiger partial charge in [-0.1, -0.05) is 12.1 Å². The highest BCUT2D eigenvalue weighted by molar-refractivity contribution is 7.07. The summed E-state index contributed by atoms with van der Waals surface area (Å²) in [6.07, 6.45) is 0. The number of hydrogen-bond donors (Lipinski definition) is 1. The maximum atomic E-state index is 11.9. The smallest absolute Gasteiger partial charge is 0.260 e. The number of ether oxygens (including phenoxy) is 1. The molecule has 1 amide bonds. The van der Waals surface area contributed by atoms with Gasteiger partial charge >= 0.3 is 0 Å². The molecule has 1 aromatic heterocycles. The van der Waals surface area contributed by atoms with Gasteiger partial charge in [0.1, 0.15) is 5.75 Å². The third-order valence-corrected chi connectivity index (χ3v) is 3.43. The molecule has 0 unspecified atom stereocenters. The van der Waals surface area contributed by atoms with Crippen molar-refractivity contribution in [3.05, 3.63) is 46.7 Å². The lowest BCUT2D eigenvalue weighted by Crippen LogP contribution is -2.30. The quantitative estimate of drug-likeness (QED) is 0.853. The van der Waals surface area contributed by atoms with Crippen LogP contribution in [0.3, 0.4) is 0 Å². The van der Waals surface area contributed by atoms with Crippen LogP contribution in [0.4, 0.5) is 5.69 Å². The molecule has 5 heteroatoms. The highest BCUT2D eigenvalue weighted by Gasteiger charge is 2.11. The zero-order chi connectivity index (χ0) is 13.7. The molecule has 1 heterocycles. The van der Waals surface area contributed by atoms with Gasteiger partial charge in [-0.25, -0.2) is 0 Å². The van der Waals surface area contributed by atoms with Gasteiger partial charge in [-0.15, -0.1) is 0 Å². The Bertz CT molecular complexity index is 540. The molecular formula is C14H16N2O2S. The number of para-hydroxylation sites is 2. The molecule has 100 valence electrons. The van der Waals surface area contributed by atoms with Gasteiger partial charge in [0.05, 0.1) is 5.69 Å². The van der Waals surface area contributed by atoms with Crippen molar-refractivity contribution in [3.63, 3.8) is 0 Å². The van der Waals surface area contributed by atoms with Crippen molar-refractivity contribution in [2.45, 2.75) is 6.54 Å². The van der Waals surface area contributed by atoms with Crippen molar-refractivity contribution in [1.29, 1.82) is 0 Å². The average Bonchev–Trinajstić information content (AvgIpc) is 2.90. The van der Waals surface area contributed by atoms with Crippen molar-refractivity contribution in [2.24, 2.45) is 0 Å². The molecule has 0 fully saturated rings. The molecule has 0 aliphatic rings. The number of nitrogen functional groups attached to an aromatic ring is 1. The van der Waals surface area contributed by atoms with E-state index in [1.165, 1.54) is 0 Å². The minimum absolute atomic E-state index is 0.00511. The zero-order valence-corrected chi connectivity index (χ0v) is 11.5. The molecule has 0 saturated carbocycles. The van der Waals surface area contributed by atoms with Crippen molar-refractivity contribution in [2.75, 3.05) is 19.4 Å². The van der Waals surface area contributed by atoms with E-state index in [9.17, 15) is 4.79 Å². The maximum Gasteiger partial charge on any atom is 0.260 e. The first-order valence-electron chi connectivity index (χ1n) is 5.89. The van der Waals surface area contributed by atoms with Crippen LogP contribution in [0.1, 0.15) is 5.56 Å². The summed E-state index contributed by atoms with van der Waals surface area (Å²) < 4.78 is 5.43. The van der Waals surface area contributed by atoms with Crippen molar-refractivity contribution in [3.8, 4) is 5.75 Å². The van der Waals surface area contributed by atoms with Crippen molar-refractivity contribution in [1.82, 2.24) is 4.90 Å². The summed E-state index contributed by atoms with van der Waals surface area (Å²) in [6.45, 7) is 0.588. The normalized spacial score (nSPS) is 10.2. The molecule has 1 aromatic carbocycles. The fourth-order valence-corrected chi connectivity index (χ4v) is 2.27. The van der Waals surface area contributed by atoms with Gasteiger partial charge in [0, 0.05) is 13.6 Å². The van der Waals surface area contributed by atoms with E-state index in [0.717, 1.165) is 5.56 Å². The zero-order valence-electron chi connectivity index (χ0n) is 10.7. The minimum Gasteiger partial charge on any atom is -0.482 e. The van der Waals surface area contributed by atoms with Gasteiger partial charge < -0.3 is 15.4 Å². The fourth-order valence-electron chi connectivity index (χ4n) is 1.61. The van der Waals surface area contributed by atoms with Gasteiger partial charge in [-0.2, -0.15) is 11.3 Å². The Labute approximate surface area is 116 Å². The first-order chi connectivity index (χ1) is 9.16. The monoisotopic (exact) mass is 276 g/mol. The third kappa shape index (κ3) is 3.72. The van der Waals surface area contributed by atoms with E-state index in [1.54, 1.807) is 35.4 Å². The van der Waals surface area contributed by atoms with Crippen molar-refractivity contribution >= 4 is 22.9 Å².